The van der Waals surface area contributed by atoms with Gasteiger partial charge in [0.05, 0.1) is 16.1 Å². The Hall–Kier alpha value is -1.38. The molecule has 0 bridgehead atoms. The fraction of sp³-hybridized carbons (Fsp3) is 0.231. The largest absolute Gasteiger partial charge is 0.369 e. The molecule has 0 aromatic carbocycles. The molecule has 5 heteroatoms. The van der Waals surface area contributed by atoms with Crippen molar-refractivity contribution in [2.45, 2.75) is 13.3 Å². The minimum Gasteiger partial charge on any atom is -0.369 e. The average molecular weight is 322 g/mol. The van der Waals surface area contributed by atoms with Crippen LogP contribution in [0.4, 0.5) is 5.82 Å². The number of aromatic nitrogens is 1. The van der Waals surface area contributed by atoms with Crippen LogP contribution in [-0.4, -0.2) is 11.5 Å². The second-order valence-corrected chi connectivity index (χ2v) is 5.59. The zero-order chi connectivity index (χ0) is 13.0. The van der Waals surface area contributed by atoms with E-state index in [4.69, 9.17) is 5.26 Å². The van der Waals surface area contributed by atoms with Gasteiger partial charge in [0, 0.05) is 16.4 Å². The van der Waals surface area contributed by atoms with Crippen LogP contribution in [0.3, 0.4) is 0 Å². The number of thiophene rings is 1. The van der Waals surface area contributed by atoms with Crippen LogP contribution in [0.1, 0.15) is 18.9 Å². The summed E-state index contributed by atoms with van der Waals surface area (Å²) in [5.41, 5.74) is 1.48. The first-order chi connectivity index (χ1) is 8.74. The van der Waals surface area contributed by atoms with E-state index in [-0.39, 0.29) is 0 Å². The lowest BCUT2D eigenvalue weighted by Gasteiger charge is -2.07. The van der Waals surface area contributed by atoms with Crippen molar-refractivity contribution in [3.8, 4) is 16.6 Å². The van der Waals surface area contributed by atoms with Gasteiger partial charge in [-0.3, -0.25) is 0 Å². The fourth-order valence-electron chi connectivity index (χ4n) is 1.51. The molecule has 18 heavy (non-hydrogen) atoms. The first-order valence-corrected chi connectivity index (χ1v) is 7.31. The van der Waals surface area contributed by atoms with Crippen LogP contribution in [-0.2, 0) is 0 Å². The molecule has 2 aromatic heterocycles. The molecule has 0 fully saturated rings. The van der Waals surface area contributed by atoms with Crippen molar-refractivity contribution in [1.29, 1.82) is 5.26 Å². The van der Waals surface area contributed by atoms with Gasteiger partial charge in [0.1, 0.15) is 11.9 Å². The Morgan fingerprint density at radius 2 is 2.33 bits per heavy atom. The molecule has 0 aliphatic carbocycles. The van der Waals surface area contributed by atoms with Crippen molar-refractivity contribution in [3.05, 3.63) is 33.6 Å². The molecule has 2 rings (SSSR count). The van der Waals surface area contributed by atoms with Crippen molar-refractivity contribution >= 4 is 33.1 Å². The number of hydrogen-bond acceptors (Lipinski definition) is 4. The summed E-state index contributed by atoms with van der Waals surface area (Å²) in [6.07, 6.45) is 1.00. The Kier molecular flexibility index (Phi) is 4.34. The van der Waals surface area contributed by atoms with Gasteiger partial charge in [-0.25, -0.2) is 4.98 Å². The summed E-state index contributed by atoms with van der Waals surface area (Å²) >= 11 is 5.06. The lowest BCUT2D eigenvalue weighted by molar-refractivity contribution is 0.968. The molecule has 1 N–H and O–H groups in total. The van der Waals surface area contributed by atoms with Crippen molar-refractivity contribution in [3.63, 3.8) is 0 Å². The number of rotatable bonds is 4. The van der Waals surface area contributed by atoms with Crippen molar-refractivity contribution in [2.75, 3.05) is 11.9 Å². The van der Waals surface area contributed by atoms with E-state index < -0.39 is 0 Å². The maximum atomic E-state index is 9.05. The van der Waals surface area contributed by atoms with E-state index in [1.54, 1.807) is 11.3 Å². The number of halogens is 1. The second kappa shape index (κ2) is 5.98. The Balaban J connectivity index is 2.36. The first-order valence-electron chi connectivity index (χ1n) is 5.64. The highest BCUT2D eigenvalue weighted by Gasteiger charge is 2.08. The van der Waals surface area contributed by atoms with E-state index in [9.17, 15) is 0 Å². The number of nitriles is 1. The Labute approximate surface area is 119 Å². The Bertz CT molecular complexity index is 586. The maximum Gasteiger partial charge on any atom is 0.144 e. The fourth-order valence-corrected chi connectivity index (χ4v) is 2.91. The average Bonchev–Trinajstić information content (AvgIpc) is 2.82. The third-order valence-electron chi connectivity index (χ3n) is 2.38. The minimum atomic E-state index is 0.586. The van der Waals surface area contributed by atoms with Crippen LogP contribution in [0.2, 0.25) is 0 Å². The van der Waals surface area contributed by atoms with Crippen LogP contribution in [0.25, 0.3) is 10.6 Å². The molecule has 2 aromatic rings. The zero-order valence-corrected chi connectivity index (χ0v) is 12.3. The highest BCUT2D eigenvalue weighted by molar-refractivity contribution is 9.10. The molecule has 0 atom stereocenters. The van der Waals surface area contributed by atoms with Gasteiger partial charge < -0.3 is 5.32 Å². The molecular weight excluding hydrogens is 310 g/mol. The molecule has 3 nitrogen and oxygen atoms in total. The van der Waals surface area contributed by atoms with Gasteiger partial charge in [0.2, 0.25) is 0 Å². The van der Waals surface area contributed by atoms with Crippen LogP contribution >= 0.6 is 27.3 Å². The maximum absolute atomic E-state index is 9.05. The normalized spacial score (nSPS) is 10.1. The van der Waals surface area contributed by atoms with Crippen molar-refractivity contribution < 1.29 is 0 Å². The van der Waals surface area contributed by atoms with Crippen LogP contribution in [0.15, 0.2) is 28.1 Å². The lowest BCUT2D eigenvalue weighted by Crippen LogP contribution is -2.04. The second-order valence-electron chi connectivity index (χ2n) is 3.76. The highest BCUT2D eigenvalue weighted by Crippen LogP contribution is 2.30. The van der Waals surface area contributed by atoms with E-state index in [0.29, 0.717) is 11.4 Å². The number of nitrogens with zero attached hydrogens (tertiary/aromatic N) is 2. The summed E-state index contributed by atoms with van der Waals surface area (Å²) in [5, 5.41) is 14.3. The molecule has 92 valence electrons. The number of hydrogen-bond donors (Lipinski definition) is 1. The highest BCUT2D eigenvalue weighted by atomic mass is 79.9. The van der Waals surface area contributed by atoms with Gasteiger partial charge in [0.15, 0.2) is 0 Å². The molecule has 0 amide bonds. The summed E-state index contributed by atoms with van der Waals surface area (Å²) in [6.45, 7) is 2.90. The van der Waals surface area contributed by atoms with Gasteiger partial charge in [-0.15, -0.1) is 11.3 Å². The predicted octanol–water partition coefficient (Wildman–Crippen LogP) is 4.27. The number of anilines is 1. The smallest absolute Gasteiger partial charge is 0.144 e. The molecule has 0 saturated heterocycles. The molecule has 0 saturated carbocycles. The van der Waals surface area contributed by atoms with Crippen LogP contribution < -0.4 is 5.32 Å². The van der Waals surface area contributed by atoms with Gasteiger partial charge in [-0.2, -0.15) is 5.26 Å². The topological polar surface area (TPSA) is 48.7 Å². The van der Waals surface area contributed by atoms with E-state index in [1.165, 1.54) is 0 Å². The van der Waals surface area contributed by atoms with E-state index >= 15 is 0 Å². The standard InChI is InChI=1S/C13H12BrN3S/c1-2-5-16-13-9(7-15)3-4-11(17-13)12-6-10(14)8-18-12/h3-4,6,8H,2,5H2,1H3,(H,16,17). The third kappa shape index (κ3) is 2.89. The van der Waals surface area contributed by atoms with E-state index in [0.717, 1.165) is 28.0 Å². The van der Waals surface area contributed by atoms with Crippen LogP contribution in [0.5, 0.6) is 0 Å². The van der Waals surface area contributed by atoms with Gasteiger partial charge in [0.25, 0.3) is 0 Å². The third-order valence-corrected chi connectivity index (χ3v) is 4.09. The summed E-state index contributed by atoms with van der Waals surface area (Å²) < 4.78 is 1.05. The van der Waals surface area contributed by atoms with Gasteiger partial charge >= 0.3 is 0 Å². The summed E-state index contributed by atoms with van der Waals surface area (Å²) in [7, 11) is 0. The number of nitrogens with one attached hydrogen (secondary N) is 1. The predicted molar refractivity (Wildman–Crippen MR) is 78.7 cm³/mol. The molecule has 0 radical (unpaired) electrons. The lowest BCUT2D eigenvalue weighted by atomic mass is 10.2. The zero-order valence-electron chi connectivity index (χ0n) is 9.90. The first kappa shape index (κ1) is 13.1. The monoisotopic (exact) mass is 321 g/mol. The van der Waals surface area contributed by atoms with E-state index in [2.05, 4.69) is 39.2 Å². The van der Waals surface area contributed by atoms with Crippen molar-refractivity contribution in [1.82, 2.24) is 4.98 Å². The molecule has 0 unspecified atom stereocenters. The summed E-state index contributed by atoms with van der Waals surface area (Å²) in [4.78, 5) is 5.61. The van der Waals surface area contributed by atoms with Gasteiger partial charge in [-0.1, -0.05) is 6.92 Å². The van der Waals surface area contributed by atoms with E-state index in [1.807, 2.05) is 23.6 Å². The molecule has 0 spiro atoms. The molecule has 0 aliphatic rings. The summed E-state index contributed by atoms with van der Waals surface area (Å²) in [5.74, 6) is 0.668. The quantitative estimate of drug-likeness (QED) is 0.914. The summed E-state index contributed by atoms with van der Waals surface area (Å²) in [6, 6.07) is 7.88. The molecule has 2 heterocycles. The van der Waals surface area contributed by atoms with Gasteiger partial charge in [-0.05, 0) is 40.5 Å². The molecular formula is C13H12BrN3S. The minimum absolute atomic E-state index is 0.586. The number of pyridine rings is 1. The van der Waals surface area contributed by atoms with Crippen molar-refractivity contribution in [2.24, 2.45) is 0 Å². The Morgan fingerprint density at radius 1 is 1.50 bits per heavy atom. The Morgan fingerprint density at radius 3 is 2.94 bits per heavy atom. The SMILES string of the molecule is CCCNc1nc(-c2cc(Br)cs2)ccc1C#N. The molecule has 0 aliphatic heterocycles. The van der Waals surface area contributed by atoms with Crippen LogP contribution in [0, 0.1) is 11.3 Å².